The van der Waals surface area contributed by atoms with Crippen LogP contribution in [0.5, 0.6) is 0 Å². The van der Waals surface area contributed by atoms with Crippen LogP contribution in [0.4, 0.5) is 5.82 Å². The molecule has 1 aliphatic rings. The quantitative estimate of drug-likeness (QED) is 0.481. The number of carbonyl (C=O) groups excluding carboxylic acids is 1. The first kappa shape index (κ1) is 21.1. The Morgan fingerprint density at radius 3 is 2.30 bits per heavy atom. The lowest BCUT2D eigenvalue weighted by Crippen LogP contribution is -2.49. The summed E-state index contributed by atoms with van der Waals surface area (Å²) in [4.78, 5) is 26.9. The molecule has 0 radical (unpaired) electrons. The van der Waals surface area contributed by atoms with Gasteiger partial charge in [0, 0.05) is 38.2 Å². The van der Waals surface area contributed by atoms with Crippen molar-refractivity contribution in [3.8, 4) is 5.69 Å². The fraction of sp³-hybridized carbons (Fsp3) is 0.308. The monoisotopic (exact) mass is 440 g/mol. The summed E-state index contributed by atoms with van der Waals surface area (Å²) in [6.45, 7) is 8.94. The first-order chi connectivity index (χ1) is 16.1. The van der Waals surface area contributed by atoms with Gasteiger partial charge in [0.25, 0.3) is 5.91 Å². The highest BCUT2D eigenvalue weighted by atomic mass is 16.2. The van der Waals surface area contributed by atoms with E-state index in [1.54, 1.807) is 0 Å². The molecule has 7 heteroatoms. The van der Waals surface area contributed by atoms with Gasteiger partial charge < -0.3 is 9.80 Å². The Hall–Kier alpha value is -3.74. The van der Waals surface area contributed by atoms with Gasteiger partial charge in [0.2, 0.25) is 0 Å². The van der Waals surface area contributed by atoms with Gasteiger partial charge in [-0.2, -0.15) is 5.10 Å². The van der Waals surface area contributed by atoms with Crippen LogP contribution < -0.4 is 4.90 Å². The Morgan fingerprint density at radius 2 is 1.61 bits per heavy atom. The van der Waals surface area contributed by atoms with Crippen LogP contribution in [0.15, 0.2) is 54.6 Å². The number of hydrogen-bond acceptors (Lipinski definition) is 5. The Balaban J connectivity index is 1.49. The van der Waals surface area contributed by atoms with E-state index in [0.29, 0.717) is 13.1 Å². The minimum Gasteiger partial charge on any atom is -0.352 e. The molecule has 1 saturated heterocycles. The third-order valence-electron chi connectivity index (χ3n) is 6.28. The number of nitrogens with zero attached hydrogens (tertiary/aromatic N) is 6. The number of piperazine rings is 1. The molecule has 5 rings (SSSR count). The van der Waals surface area contributed by atoms with E-state index >= 15 is 0 Å². The molecule has 2 aromatic heterocycles. The van der Waals surface area contributed by atoms with Crippen molar-refractivity contribution in [2.45, 2.75) is 27.2 Å². The SMILES string of the molecule is CCc1nc(N2CCN(C(=O)c3ccccc3)CC2)c2c(C)nn(-c3ccccc3C)c2n1. The minimum atomic E-state index is 0.0842. The second-order valence-electron chi connectivity index (χ2n) is 8.44. The van der Waals surface area contributed by atoms with Gasteiger partial charge in [-0.15, -0.1) is 0 Å². The Bertz CT molecular complexity index is 1310. The van der Waals surface area contributed by atoms with Crippen LogP contribution in [0.3, 0.4) is 0 Å². The highest BCUT2D eigenvalue weighted by Gasteiger charge is 2.26. The topological polar surface area (TPSA) is 67.2 Å². The number of anilines is 1. The molecule has 1 amide bonds. The van der Waals surface area contributed by atoms with Gasteiger partial charge in [0.15, 0.2) is 5.65 Å². The zero-order valence-corrected chi connectivity index (χ0v) is 19.3. The third-order valence-corrected chi connectivity index (χ3v) is 6.28. The van der Waals surface area contributed by atoms with Crippen LogP contribution in [-0.2, 0) is 6.42 Å². The zero-order valence-electron chi connectivity index (χ0n) is 19.3. The molecule has 2 aromatic carbocycles. The van der Waals surface area contributed by atoms with Gasteiger partial charge in [-0.25, -0.2) is 14.6 Å². The smallest absolute Gasteiger partial charge is 0.253 e. The number of carbonyl (C=O) groups is 1. The maximum absolute atomic E-state index is 12.9. The van der Waals surface area contributed by atoms with Crippen molar-refractivity contribution < 1.29 is 4.79 Å². The average molecular weight is 441 g/mol. The van der Waals surface area contributed by atoms with E-state index in [0.717, 1.165) is 64.7 Å². The standard InChI is InChI=1S/C26H28N6O/c1-4-22-27-24(30-14-16-31(17-15-30)26(33)20-11-6-5-7-12-20)23-19(3)29-32(25(23)28-22)21-13-9-8-10-18(21)2/h5-13H,4,14-17H2,1-3H3. The molecule has 0 unspecified atom stereocenters. The van der Waals surface area contributed by atoms with Crippen LogP contribution in [0.2, 0.25) is 0 Å². The number of para-hydroxylation sites is 1. The van der Waals surface area contributed by atoms with Crippen LogP contribution in [0.25, 0.3) is 16.7 Å². The predicted octanol–water partition coefficient (Wildman–Crippen LogP) is 3.96. The van der Waals surface area contributed by atoms with Crippen molar-refractivity contribution in [2.24, 2.45) is 0 Å². The van der Waals surface area contributed by atoms with E-state index in [2.05, 4.69) is 30.9 Å². The average Bonchev–Trinajstić information content (AvgIpc) is 3.20. The normalized spacial score (nSPS) is 14.2. The molecule has 1 aliphatic heterocycles. The summed E-state index contributed by atoms with van der Waals surface area (Å²) in [6, 6.07) is 17.7. The van der Waals surface area contributed by atoms with Crippen molar-refractivity contribution >= 4 is 22.8 Å². The molecule has 0 atom stereocenters. The van der Waals surface area contributed by atoms with Crippen molar-refractivity contribution in [3.05, 3.63) is 77.2 Å². The molecule has 4 aromatic rings. The second kappa shape index (κ2) is 8.65. The number of amides is 1. The molecule has 168 valence electrons. The van der Waals surface area contributed by atoms with Crippen LogP contribution in [0, 0.1) is 13.8 Å². The largest absolute Gasteiger partial charge is 0.352 e. The van der Waals surface area contributed by atoms with Crippen molar-refractivity contribution in [1.29, 1.82) is 0 Å². The summed E-state index contributed by atoms with van der Waals surface area (Å²) in [6.07, 6.45) is 0.743. The summed E-state index contributed by atoms with van der Waals surface area (Å²) >= 11 is 0. The minimum absolute atomic E-state index is 0.0842. The molecule has 3 heterocycles. The highest BCUT2D eigenvalue weighted by Crippen LogP contribution is 2.30. The number of benzene rings is 2. The molecule has 0 saturated carbocycles. The summed E-state index contributed by atoms with van der Waals surface area (Å²) in [7, 11) is 0. The first-order valence-corrected chi connectivity index (χ1v) is 11.5. The van der Waals surface area contributed by atoms with Gasteiger partial charge in [0.05, 0.1) is 16.8 Å². The van der Waals surface area contributed by atoms with Gasteiger partial charge >= 0.3 is 0 Å². The van der Waals surface area contributed by atoms with Gasteiger partial charge in [-0.3, -0.25) is 4.79 Å². The lowest BCUT2D eigenvalue weighted by atomic mass is 10.1. The van der Waals surface area contributed by atoms with Crippen LogP contribution >= 0.6 is 0 Å². The number of hydrogen-bond donors (Lipinski definition) is 0. The fourth-order valence-electron chi connectivity index (χ4n) is 4.45. The molecule has 33 heavy (non-hydrogen) atoms. The Labute approximate surface area is 193 Å². The van der Waals surface area contributed by atoms with E-state index in [1.165, 1.54) is 0 Å². The Morgan fingerprint density at radius 1 is 0.909 bits per heavy atom. The summed E-state index contributed by atoms with van der Waals surface area (Å²) in [5, 5.41) is 5.84. The molecule has 0 bridgehead atoms. The lowest BCUT2D eigenvalue weighted by molar-refractivity contribution is 0.0746. The van der Waals surface area contributed by atoms with E-state index in [4.69, 9.17) is 15.1 Å². The molecule has 1 fully saturated rings. The molecule has 0 spiro atoms. The molecule has 7 nitrogen and oxygen atoms in total. The highest BCUT2D eigenvalue weighted by molar-refractivity contribution is 5.95. The van der Waals surface area contributed by atoms with Crippen LogP contribution in [0.1, 0.15) is 34.4 Å². The van der Waals surface area contributed by atoms with Crippen molar-refractivity contribution in [1.82, 2.24) is 24.6 Å². The second-order valence-corrected chi connectivity index (χ2v) is 8.44. The van der Waals surface area contributed by atoms with E-state index in [9.17, 15) is 4.79 Å². The Kier molecular flexibility index (Phi) is 5.54. The van der Waals surface area contributed by atoms with Crippen LogP contribution in [-0.4, -0.2) is 56.7 Å². The fourth-order valence-corrected chi connectivity index (χ4v) is 4.45. The number of aromatic nitrogens is 4. The first-order valence-electron chi connectivity index (χ1n) is 11.5. The zero-order chi connectivity index (χ0) is 22.9. The van der Waals surface area contributed by atoms with Gasteiger partial charge in [-0.1, -0.05) is 43.3 Å². The molecular weight excluding hydrogens is 412 g/mol. The summed E-state index contributed by atoms with van der Waals surface area (Å²) in [5.41, 5.74) is 4.66. The maximum atomic E-state index is 12.9. The van der Waals surface area contributed by atoms with Crippen molar-refractivity contribution in [3.63, 3.8) is 0 Å². The summed E-state index contributed by atoms with van der Waals surface area (Å²) < 4.78 is 1.94. The summed E-state index contributed by atoms with van der Waals surface area (Å²) in [5.74, 6) is 1.80. The predicted molar refractivity (Wildman–Crippen MR) is 130 cm³/mol. The maximum Gasteiger partial charge on any atom is 0.253 e. The number of aryl methyl sites for hydroxylation is 3. The van der Waals surface area contributed by atoms with Crippen molar-refractivity contribution in [2.75, 3.05) is 31.1 Å². The van der Waals surface area contributed by atoms with E-state index in [-0.39, 0.29) is 5.91 Å². The number of rotatable bonds is 4. The number of fused-ring (bicyclic) bond motifs is 1. The molecular formula is C26H28N6O. The molecule has 0 aliphatic carbocycles. The van der Waals surface area contributed by atoms with E-state index < -0.39 is 0 Å². The van der Waals surface area contributed by atoms with Gasteiger partial charge in [0.1, 0.15) is 11.6 Å². The molecule has 0 N–H and O–H groups in total. The van der Waals surface area contributed by atoms with Gasteiger partial charge in [-0.05, 0) is 37.6 Å². The van der Waals surface area contributed by atoms with E-state index in [1.807, 2.05) is 59.0 Å². The third kappa shape index (κ3) is 3.84. The lowest BCUT2D eigenvalue weighted by Gasteiger charge is -2.35.